The number of hydrogen-bond acceptors (Lipinski definition) is 3. The van der Waals surface area contributed by atoms with Crippen LogP contribution in [-0.2, 0) is 4.74 Å². The molecule has 1 N–H and O–H groups in total. The second kappa shape index (κ2) is 7.51. The van der Waals surface area contributed by atoms with Gasteiger partial charge in [-0.05, 0) is 55.8 Å². The molecule has 1 saturated carbocycles. The van der Waals surface area contributed by atoms with E-state index in [1.54, 1.807) is 14.2 Å². The number of nitrogens with one attached hydrogen (secondary N) is 1. The van der Waals surface area contributed by atoms with E-state index in [4.69, 9.17) is 9.47 Å². The minimum Gasteiger partial charge on any atom is -0.497 e. The first-order chi connectivity index (χ1) is 9.33. The number of rotatable bonds is 8. The fourth-order valence-corrected chi connectivity index (χ4v) is 2.61. The van der Waals surface area contributed by atoms with Crippen molar-refractivity contribution in [1.29, 1.82) is 0 Å². The highest BCUT2D eigenvalue weighted by Gasteiger charge is 2.29. The van der Waals surface area contributed by atoms with E-state index in [-0.39, 0.29) is 0 Å². The van der Waals surface area contributed by atoms with Crippen molar-refractivity contribution in [1.82, 2.24) is 5.32 Å². The molecule has 0 amide bonds. The summed E-state index contributed by atoms with van der Waals surface area (Å²) in [7, 11) is 3.47. The summed E-state index contributed by atoms with van der Waals surface area (Å²) in [5.41, 5.74) is 1.44. The van der Waals surface area contributed by atoms with Gasteiger partial charge in [0.05, 0.1) is 7.11 Å². The average Bonchev–Trinajstić information content (AvgIpc) is 2.41. The lowest BCUT2D eigenvalue weighted by Gasteiger charge is -2.36. The lowest BCUT2D eigenvalue weighted by Crippen LogP contribution is -2.40. The molecule has 19 heavy (non-hydrogen) atoms. The Morgan fingerprint density at radius 2 is 1.84 bits per heavy atom. The van der Waals surface area contributed by atoms with Crippen molar-refractivity contribution in [3.05, 3.63) is 29.8 Å². The maximum atomic E-state index is 5.18. The van der Waals surface area contributed by atoms with Crippen LogP contribution in [0.5, 0.6) is 5.75 Å². The summed E-state index contributed by atoms with van der Waals surface area (Å²) in [6, 6.07) is 9.20. The van der Waals surface area contributed by atoms with E-state index < -0.39 is 0 Å². The molecule has 1 aromatic rings. The highest BCUT2D eigenvalue weighted by Crippen LogP contribution is 2.37. The normalized spacial score (nSPS) is 22.0. The lowest BCUT2D eigenvalue weighted by molar-refractivity contribution is 0.191. The fourth-order valence-electron chi connectivity index (χ4n) is 2.61. The molecule has 0 bridgehead atoms. The van der Waals surface area contributed by atoms with Crippen LogP contribution in [0.2, 0.25) is 0 Å². The summed E-state index contributed by atoms with van der Waals surface area (Å²) >= 11 is 0. The molecule has 0 aliphatic heterocycles. The minimum absolute atomic E-state index is 0.703. The maximum absolute atomic E-state index is 5.18. The average molecular weight is 263 g/mol. The van der Waals surface area contributed by atoms with Crippen molar-refractivity contribution in [2.24, 2.45) is 0 Å². The topological polar surface area (TPSA) is 30.5 Å². The Bertz CT molecular complexity index is 358. The highest BCUT2D eigenvalue weighted by molar-refractivity contribution is 5.30. The van der Waals surface area contributed by atoms with Crippen molar-refractivity contribution >= 4 is 0 Å². The summed E-state index contributed by atoms with van der Waals surface area (Å²) in [5, 5.41) is 3.62. The molecule has 106 valence electrons. The molecule has 0 atom stereocenters. The van der Waals surface area contributed by atoms with Gasteiger partial charge in [0.1, 0.15) is 5.75 Å². The summed E-state index contributed by atoms with van der Waals surface area (Å²) in [4.78, 5) is 0. The zero-order chi connectivity index (χ0) is 13.5. The summed E-state index contributed by atoms with van der Waals surface area (Å²) in [5.74, 6) is 1.67. The molecule has 3 heteroatoms. The Labute approximate surface area is 116 Å². The van der Waals surface area contributed by atoms with Gasteiger partial charge < -0.3 is 14.8 Å². The predicted octanol–water partition coefficient (Wildman–Crippen LogP) is 2.96. The Hall–Kier alpha value is -1.06. The molecule has 3 nitrogen and oxygen atoms in total. The number of ether oxygens (including phenoxy) is 2. The Morgan fingerprint density at radius 1 is 1.11 bits per heavy atom. The molecular formula is C16H25NO2. The number of hydrogen-bond donors (Lipinski definition) is 1. The van der Waals surface area contributed by atoms with Crippen LogP contribution in [0.25, 0.3) is 0 Å². The van der Waals surface area contributed by atoms with Gasteiger partial charge in [0.25, 0.3) is 0 Å². The minimum atomic E-state index is 0.703. The van der Waals surface area contributed by atoms with E-state index in [2.05, 4.69) is 29.6 Å². The first-order valence-corrected chi connectivity index (χ1v) is 7.19. The molecule has 1 fully saturated rings. The van der Waals surface area contributed by atoms with Crippen LogP contribution in [0, 0.1) is 0 Å². The quantitative estimate of drug-likeness (QED) is 0.731. The van der Waals surface area contributed by atoms with Gasteiger partial charge in [-0.3, -0.25) is 0 Å². The first kappa shape index (κ1) is 14.4. The Balaban J connectivity index is 1.62. The van der Waals surface area contributed by atoms with Crippen molar-refractivity contribution in [2.45, 2.75) is 37.6 Å². The zero-order valence-corrected chi connectivity index (χ0v) is 12.0. The third-order valence-corrected chi connectivity index (χ3v) is 3.93. The molecule has 1 aromatic carbocycles. The van der Waals surface area contributed by atoms with Gasteiger partial charge in [0.15, 0.2) is 0 Å². The van der Waals surface area contributed by atoms with Crippen LogP contribution in [0.15, 0.2) is 24.3 Å². The van der Waals surface area contributed by atoms with Crippen LogP contribution in [0.1, 0.15) is 37.2 Å². The summed E-state index contributed by atoms with van der Waals surface area (Å²) in [6.07, 6.45) is 4.88. The van der Waals surface area contributed by atoms with E-state index in [1.807, 2.05) is 0 Å². The lowest BCUT2D eigenvalue weighted by atomic mass is 9.76. The summed E-state index contributed by atoms with van der Waals surface area (Å²) in [6.45, 7) is 1.99. The third kappa shape index (κ3) is 4.22. The van der Waals surface area contributed by atoms with Gasteiger partial charge in [-0.15, -0.1) is 0 Å². The van der Waals surface area contributed by atoms with E-state index in [9.17, 15) is 0 Å². The molecular weight excluding hydrogens is 238 g/mol. The standard InChI is InChI=1S/C16H25NO2/c1-18-10-4-3-9-17-15-11-14(12-15)13-5-7-16(19-2)8-6-13/h5-8,14-15,17H,3-4,9-12H2,1-2H3. The van der Waals surface area contributed by atoms with Crippen LogP contribution in [0.4, 0.5) is 0 Å². The molecule has 0 unspecified atom stereocenters. The Morgan fingerprint density at radius 3 is 2.47 bits per heavy atom. The fraction of sp³-hybridized carbons (Fsp3) is 0.625. The van der Waals surface area contributed by atoms with Gasteiger partial charge in [0, 0.05) is 19.8 Å². The second-order valence-corrected chi connectivity index (χ2v) is 5.29. The van der Waals surface area contributed by atoms with Crippen LogP contribution < -0.4 is 10.1 Å². The Kier molecular flexibility index (Phi) is 5.67. The monoisotopic (exact) mass is 263 g/mol. The molecule has 0 radical (unpaired) electrons. The molecule has 1 aliphatic rings. The van der Waals surface area contributed by atoms with Crippen molar-refractivity contribution < 1.29 is 9.47 Å². The van der Waals surface area contributed by atoms with Gasteiger partial charge >= 0.3 is 0 Å². The first-order valence-electron chi connectivity index (χ1n) is 7.19. The molecule has 0 aromatic heterocycles. The van der Waals surface area contributed by atoms with Gasteiger partial charge in [-0.2, -0.15) is 0 Å². The van der Waals surface area contributed by atoms with E-state index in [0.29, 0.717) is 6.04 Å². The van der Waals surface area contributed by atoms with Gasteiger partial charge in [-0.25, -0.2) is 0 Å². The smallest absolute Gasteiger partial charge is 0.118 e. The second-order valence-electron chi connectivity index (χ2n) is 5.29. The molecule has 2 rings (SSSR count). The van der Waals surface area contributed by atoms with Crippen molar-refractivity contribution in [2.75, 3.05) is 27.4 Å². The van der Waals surface area contributed by atoms with E-state index in [0.717, 1.165) is 31.2 Å². The zero-order valence-electron chi connectivity index (χ0n) is 12.0. The molecule has 1 aliphatic carbocycles. The van der Waals surface area contributed by atoms with Gasteiger partial charge in [0.2, 0.25) is 0 Å². The number of benzene rings is 1. The maximum Gasteiger partial charge on any atom is 0.118 e. The van der Waals surface area contributed by atoms with E-state index >= 15 is 0 Å². The predicted molar refractivity (Wildman–Crippen MR) is 77.9 cm³/mol. The molecule has 0 saturated heterocycles. The molecule has 0 heterocycles. The van der Waals surface area contributed by atoms with Crippen LogP contribution >= 0.6 is 0 Å². The van der Waals surface area contributed by atoms with E-state index in [1.165, 1.54) is 24.8 Å². The SMILES string of the molecule is COCCCCNC1CC(c2ccc(OC)cc2)C1. The highest BCUT2D eigenvalue weighted by atomic mass is 16.5. The number of methoxy groups -OCH3 is 2. The largest absolute Gasteiger partial charge is 0.497 e. The van der Waals surface area contributed by atoms with Crippen molar-refractivity contribution in [3.63, 3.8) is 0 Å². The molecule has 0 spiro atoms. The van der Waals surface area contributed by atoms with Gasteiger partial charge in [-0.1, -0.05) is 12.1 Å². The number of unbranched alkanes of at least 4 members (excludes halogenated alkanes) is 1. The van der Waals surface area contributed by atoms with Crippen molar-refractivity contribution in [3.8, 4) is 5.75 Å². The van der Waals surface area contributed by atoms with Crippen LogP contribution in [0.3, 0.4) is 0 Å². The summed E-state index contributed by atoms with van der Waals surface area (Å²) < 4.78 is 10.2. The van der Waals surface area contributed by atoms with Crippen LogP contribution in [-0.4, -0.2) is 33.4 Å². The third-order valence-electron chi connectivity index (χ3n) is 3.93.